The molecule has 3 aromatic carbocycles. The first-order valence-electron chi connectivity index (χ1n) is 20.2. The van der Waals surface area contributed by atoms with Crippen LogP contribution in [0.2, 0.25) is 0 Å². The Labute approximate surface area is 352 Å². The normalized spacial score (nSPS) is 14.0. The van der Waals surface area contributed by atoms with E-state index in [-0.39, 0.29) is 23.7 Å². The number of imidazole rings is 2. The van der Waals surface area contributed by atoms with Gasteiger partial charge < -0.3 is 40.7 Å². The molecule has 0 saturated heterocycles. The summed E-state index contributed by atoms with van der Waals surface area (Å²) >= 11 is 0. The summed E-state index contributed by atoms with van der Waals surface area (Å²) in [5.74, 6) is 0.263. The molecule has 4 atom stereocenters. The summed E-state index contributed by atoms with van der Waals surface area (Å²) in [6.45, 7) is 19.6. The van der Waals surface area contributed by atoms with Gasteiger partial charge in [0, 0.05) is 11.8 Å². The lowest BCUT2D eigenvalue weighted by molar-refractivity contribution is -0.126. The van der Waals surface area contributed by atoms with Crippen LogP contribution in [0, 0.1) is 22.7 Å². The molecular formula is C46H60N8O6. The molecular weight excluding hydrogens is 761 g/mol. The fraction of sp³-hybridized carbons (Fsp3) is 0.435. The molecule has 1 unspecified atom stereocenters. The molecule has 0 aliphatic rings. The fourth-order valence-electron chi connectivity index (χ4n) is 6.99. The number of hydrogen-bond donors (Lipinski definition) is 6. The third kappa shape index (κ3) is 10.7. The van der Waals surface area contributed by atoms with Gasteiger partial charge in [-0.05, 0) is 62.3 Å². The molecule has 0 bridgehead atoms. The maximum Gasteiger partial charge on any atom is 0.407 e. The minimum absolute atomic E-state index is 0.161. The highest BCUT2D eigenvalue weighted by atomic mass is 16.5. The molecule has 0 saturated carbocycles. The molecule has 0 radical (unpaired) electrons. The van der Waals surface area contributed by atoms with Gasteiger partial charge in [-0.15, -0.1) is 0 Å². The molecule has 0 aliphatic heterocycles. The van der Waals surface area contributed by atoms with Gasteiger partial charge in [0.25, 0.3) is 0 Å². The monoisotopic (exact) mass is 820 g/mol. The molecule has 0 aliphatic carbocycles. The lowest BCUT2D eigenvalue weighted by atomic mass is 9.85. The second-order valence-corrected chi connectivity index (χ2v) is 18.0. The summed E-state index contributed by atoms with van der Waals surface area (Å²) in [6, 6.07) is 18.3. The van der Waals surface area contributed by atoms with Crippen molar-refractivity contribution in [2.24, 2.45) is 22.7 Å². The van der Waals surface area contributed by atoms with Crippen LogP contribution in [0.1, 0.15) is 93.0 Å². The van der Waals surface area contributed by atoms with E-state index in [1.807, 2.05) is 93.6 Å². The number of nitrogens with one attached hydrogen (secondary N) is 6. The lowest BCUT2D eigenvalue weighted by Gasteiger charge is -2.32. The van der Waals surface area contributed by atoms with Crippen LogP contribution >= 0.6 is 0 Å². The number of alkyl carbamates (subject to hydrolysis) is 2. The van der Waals surface area contributed by atoms with E-state index < -0.39 is 47.2 Å². The second kappa shape index (κ2) is 18.4. The molecule has 5 aromatic rings. The molecule has 5 rings (SSSR count). The van der Waals surface area contributed by atoms with Crippen molar-refractivity contribution in [3.8, 4) is 33.6 Å². The molecule has 0 spiro atoms. The van der Waals surface area contributed by atoms with Crippen LogP contribution in [0.4, 0.5) is 9.59 Å². The van der Waals surface area contributed by atoms with Gasteiger partial charge in [-0.3, -0.25) is 9.59 Å². The topological polar surface area (TPSA) is 192 Å². The van der Waals surface area contributed by atoms with E-state index in [1.54, 1.807) is 6.20 Å². The predicted molar refractivity (Wildman–Crippen MR) is 234 cm³/mol. The number of benzene rings is 3. The minimum atomic E-state index is -0.776. The highest BCUT2D eigenvalue weighted by molar-refractivity contribution is 5.91. The van der Waals surface area contributed by atoms with Crippen LogP contribution in [0.25, 0.3) is 44.4 Å². The summed E-state index contributed by atoms with van der Waals surface area (Å²) in [5.41, 5.74) is 4.76. The number of methoxy groups -OCH3 is 2. The number of aromatic nitrogens is 4. The first-order valence-corrected chi connectivity index (χ1v) is 20.2. The average Bonchev–Trinajstić information content (AvgIpc) is 3.89. The van der Waals surface area contributed by atoms with Crippen LogP contribution in [0.5, 0.6) is 0 Å². The van der Waals surface area contributed by atoms with Crippen LogP contribution in [0.15, 0.2) is 73.1 Å². The number of fused-ring (bicyclic) bond motifs is 1. The third-order valence-corrected chi connectivity index (χ3v) is 10.5. The number of H-pyrrole nitrogens is 2. The number of amides is 4. The number of nitrogens with zero attached hydrogens (tertiary/aromatic N) is 2. The maximum atomic E-state index is 13.4. The fourth-order valence-corrected chi connectivity index (χ4v) is 6.99. The Bertz CT molecular complexity index is 2300. The zero-order valence-electron chi connectivity index (χ0n) is 36.7. The Kier molecular flexibility index (Phi) is 13.8. The average molecular weight is 821 g/mol. The summed E-state index contributed by atoms with van der Waals surface area (Å²) in [6.07, 6.45) is 2.29. The SMILES string of the molecule is COC(=O)N[C@@H](C(=O)NC(c1ncc(-c2ccc(-c3ccc4cc(-c5c[nH]c([C@@H](NC(=O)[C@H](NC(=O)OC)C(C)C)C(C)(C)C)n5)ccc4c3)cc2)[nH]1)C(C)(C)C)C(C)C. The molecule has 4 amide bonds. The number of aromatic amines is 2. The highest BCUT2D eigenvalue weighted by Crippen LogP contribution is 2.35. The van der Waals surface area contributed by atoms with Gasteiger partial charge in [-0.1, -0.05) is 118 Å². The van der Waals surface area contributed by atoms with Crippen molar-refractivity contribution in [3.05, 3.63) is 84.7 Å². The Morgan fingerprint density at radius 1 is 0.600 bits per heavy atom. The molecule has 60 heavy (non-hydrogen) atoms. The number of hydrogen-bond acceptors (Lipinski definition) is 8. The summed E-state index contributed by atoms with van der Waals surface area (Å²) < 4.78 is 9.48. The number of carbonyl (C=O) groups is 4. The van der Waals surface area contributed by atoms with Crippen molar-refractivity contribution in [2.75, 3.05) is 14.2 Å². The van der Waals surface area contributed by atoms with E-state index in [0.29, 0.717) is 11.6 Å². The molecule has 320 valence electrons. The largest absolute Gasteiger partial charge is 0.453 e. The number of rotatable bonds is 13. The van der Waals surface area contributed by atoms with Crippen molar-refractivity contribution in [2.45, 2.75) is 93.4 Å². The van der Waals surface area contributed by atoms with E-state index in [9.17, 15) is 19.2 Å². The zero-order valence-corrected chi connectivity index (χ0v) is 36.7. The van der Waals surface area contributed by atoms with E-state index in [0.717, 1.165) is 44.4 Å². The van der Waals surface area contributed by atoms with Gasteiger partial charge in [-0.25, -0.2) is 19.6 Å². The standard InChI is InChI=1S/C46H60N8O6/c1-25(2)35(51-43(57)59-11)41(55)53-37(45(5,6)7)39-47-23-33(49-39)28-15-13-27(14-16-28)29-17-18-31-22-32(20-19-30(31)21-29)34-24-48-40(50-34)38(46(8,9)10)54-42(56)36(26(3)4)52-44(58)60-12/h13-26,35-38H,1-12H3,(H,47,49)(H,48,50)(H,51,57)(H,52,58)(H,53,55)(H,54,56)/t35-,36-,37?,38-/m1/s1. The predicted octanol–water partition coefficient (Wildman–Crippen LogP) is 8.46. The smallest absolute Gasteiger partial charge is 0.407 e. The van der Waals surface area contributed by atoms with Gasteiger partial charge in [0.1, 0.15) is 23.7 Å². The summed E-state index contributed by atoms with van der Waals surface area (Å²) in [4.78, 5) is 67.0. The molecule has 14 nitrogen and oxygen atoms in total. The van der Waals surface area contributed by atoms with E-state index >= 15 is 0 Å². The van der Waals surface area contributed by atoms with Crippen LogP contribution in [-0.2, 0) is 19.1 Å². The summed E-state index contributed by atoms with van der Waals surface area (Å²) in [7, 11) is 2.54. The van der Waals surface area contributed by atoms with Crippen molar-refractivity contribution in [1.29, 1.82) is 0 Å². The van der Waals surface area contributed by atoms with Crippen LogP contribution in [0.3, 0.4) is 0 Å². The van der Waals surface area contributed by atoms with Crippen molar-refractivity contribution in [3.63, 3.8) is 0 Å². The number of ether oxygens (including phenoxy) is 2. The maximum absolute atomic E-state index is 13.4. The highest BCUT2D eigenvalue weighted by Gasteiger charge is 2.36. The molecule has 0 fully saturated rings. The summed E-state index contributed by atoms with van der Waals surface area (Å²) in [5, 5.41) is 13.6. The van der Waals surface area contributed by atoms with Gasteiger partial charge >= 0.3 is 12.2 Å². The van der Waals surface area contributed by atoms with Crippen molar-refractivity contribution >= 4 is 34.8 Å². The van der Waals surface area contributed by atoms with Gasteiger partial charge in [0.15, 0.2) is 0 Å². The lowest BCUT2D eigenvalue weighted by Crippen LogP contribution is -2.52. The quantitative estimate of drug-likeness (QED) is 0.0681. The molecule has 14 heteroatoms. The van der Waals surface area contributed by atoms with E-state index in [4.69, 9.17) is 14.5 Å². The van der Waals surface area contributed by atoms with Gasteiger partial charge in [-0.2, -0.15) is 0 Å². The molecule has 2 aromatic heterocycles. The van der Waals surface area contributed by atoms with Gasteiger partial charge in [0.05, 0.1) is 43.9 Å². The molecule has 6 N–H and O–H groups in total. The van der Waals surface area contributed by atoms with E-state index in [2.05, 4.69) is 78.7 Å². The Hall–Kier alpha value is -6.18. The minimum Gasteiger partial charge on any atom is -0.453 e. The Morgan fingerprint density at radius 3 is 1.53 bits per heavy atom. The molecule has 2 heterocycles. The Morgan fingerprint density at radius 2 is 1.05 bits per heavy atom. The van der Waals surface area contributed by atoms with Crippen molar-refractivity contribution in [1.82, 2.24) is 41.2 Å². The number of carbonyl (C=O) groups excluding carboxylic acids is 4. The second-order valence-electron chi connectivity index (χ2n) is 18.0. The first kappa shape index (κ1) is 44.9. The van der Waals surface area contributed by atoms with Crippen LogP contribution in [-0.4, -0.2) is 70.2 Å². The third-order valence-electron chi connectivity index (χ3n) is 10.5. The van der Waals surface area contributed by atoms with Gasteiger partial charge in [0.2, 0.25) is 11.8 Å². The first-order chi connectivity index (χ1) is 28.2. The van der Waals surface area contributed by atoms with E-state index in [1.165, 1.54) is 14.2 Å². The zero-order chi connectivity index (χ0) is 44.1. The van der Waals surface area contributed by atoms with Crippen molar-refractivity contribution < 1.29 is 28.7 Å². The van der Waals surface area contributed by atoms with Crippen LogP contribution < -0.4 is 21.3 Å². The Balaban J connectivity index is 1.31.